The highest BCUT2D eigenvalue weighted by Gasteiger charge is 2.32. The summed E-state index contributed by atoms with van der Waals surface area (Å²) in [6.45, 7) is 4.12. The van der Waals surface area contributed by atoms with Gasteiger partial charge in [-0.05, 0) is 30.2 Å². The molecule has 0 spiro atoms. The first-order valence-electron chi connectivity index (χ1n) is 10.8. The van der Waals surface area contributed by atoms with Crippen molar-refractivity contribution >= 4 is 23.2 Å². The molecule has 0 bridgehead atoms. The van der Waals surface area contributed by atoms with E-state index in [-0.39, 0.29) is 22.1 Å². The van der Waals surface area contributed by atoms with Gasteiger partial charge in [0.05, 0.1) is 12.4 Å². The second kappa shape index (κ2) is 9.90. The first kappa shape index (κ1) is 25.0. The van der Waals surface area contributed by atoms with Crippen LogP contribution in [0.5, 0.6) is 5.75 Å². The van der Waals surface area contributed by atoms with Crippen molar-refractivity contribution in [2.75, 3.05) is 5.32 Å². The minimum Gasteiger partial charge on any atom is -0.501 e. The Labute approximate surface area is 208 Å². The van der Waals surface area contributed by atoms with E-state index >= 15 is 0 Å². The summed E-state index contributed by atoms with van der Waals surface area (Å²) in [5.41, 5.74) is -0.385. The normalized spacial score (nSPS) is 12.9. The van der Waals surface area contributed by atoms with Gasteiger partial charge >= 0.3 is 0 Å². The molecule has 4 aromatic rings. The SMILES string of the molecule is CCn1cc([C@@H](c2cc(F)c(F)cc2Cl)[C@H](C)c2nc(C(=O)Nc3cnoc3)c(O)c(=O)n2C)cn1. The lowest BCUT2D eigenvalue weighted by Crippen LogP contribution is -2.29. The molecule has 2 atom stereocenters. The van der Waals surface area contributed by atoms with E-state index in [0.29, 0.717) is 12.1 Å². The zero-order chi connectivity index (χ0) is 26.1. The number of aryl methyl sites for hydroxylation is 1. The lowest BCUT2D eigenvalue weighted by Gasteiger charge is -2.26. The quantitative estimate of drug-likeness (QED) is 0.356. The van der Waals surface area contributed by atoms with Crippen LogP contribution in [0.1, 0.15) is 53.1 Å². The molecule has 0 saturated carbocycles. The molecule has 4 rings (SSSR count). The van der Waals surface area contributed by atoms with Gasteiger partial charge in [-0.2, -0.15) is 5.10 Å². The number of nitrogens with zero attached hydrogens (tertiary/aromatic N) is 5. The Kier molecular flexibility index (Phi) is 6.88. The van der Waals surface area contributed by atoms with Gasteiger partial charge in [-0.1, -0.05) is 23.7 Å². The number of amides is 1. The Bertz CT molecular complexity index is 1480. The maximum Gasteiger partial charge on any atom is 0.296 e. The molecule has 2 N–H and O–H groups in total. The van der Waals surface area contributed by atoms with Crippen molar-refractivity contribution in [3.05, 3.63) is 86.6 Å². The lowest BCUT2D eigenvalue weighted by molar-refractivity contribution is 0.101. The molecule has 36 heavy (non-hydrogen) atoms. The maximum absolute atomic E-state index is 14.3. The van der Waals surface area contributed by atoms with Gasteiger partial charge in [0.1, 0.15) is 17.8 Å². The van der Waals surface area contributed by atoms with Crippen LogP contribution in [0, 0.1) is 11.6 Å². The molecule has 0 unspecified atom stereocenters. The maximum atomic E-state index is 14.3. The number of hydrogen-bond acceptors (Lipinski definition) is 7. The standard InChI is InChI=1S/C23H21ClF2N6O4/c1-4-32-9-12(7-27-32)18(14-5-16(25)17(26)6-15(14)24)11(2)21-30-19(20(33)23(35)31(21)3)22(34)29-13-8-28-36-10-13/h5-11,18,33H,4H2,1-3H3,(H,29,34)/t11-,18-/m0/s1. The summed E-state index contributed by atoms with van der Waals surface area (Å²) in [6.07, 6.45) is 5.66. The van der Waals surface area contributed by atoms with Gasteiger partial charge in [-0.15, -0.1) is 0 Å². The Morgan fingerprint density at radius 3 is 2.64 bits per heavy atom. The zero-order valence-corrected chi connectivity index (χ0v) is 20.1. The van der Waals surface area contributed by atoms with Crippen molar-refractivity contribution in [2.24, 2.45) is 7.05 Å². The molecular weight excluding hydrogens is 498 g/mol. The number of benzene rings is 1. The molecular formula is C23H21ClF2N6O4. The van der Waals surface area contributed by atoms with Crippen LogP contribution < -0.4 is 10.9 Å². The van der Waals surface area contributed by atoms with Crippen LogP contribution in [0.4, 0.5) is 14.5 Å². The molecule has 0 aliphatic carbocycles. The molecule has 188 valence electrons. The molecule has 0 fully saturated rings. The average molecular weight is 519 g/mol. The van der Waals surface area contributed by atoms with Crippen molar-refractivity contribution in [1.29, 1.82) is 0 Å². The highest BCUT2D eigenvalue weighted by molar-refractivity contribution is 6.31. The molecule has 0 aliphatic rings. The molecule has 1 aromatic carbocycles. The number of rotatable bonds is 7. The second-order valence-electron chi connectivity index (χ2n) is 8.08. The van der Waals surface area contributed by atoms with Crippen molar-refractivity contribution < 1.29 is 23.2 Å². The van der Waals surface area contributed by atoms with Gasteiger partial charge in [0.15, 0.2) is 17.3 Å². The van der Waals surface area contributed by atoms with Gasteiger partial charge in [0, 0.05) is 36.6 Å². The number of carbonyl (C=O) groups excluding carboxylic acids is 1. The third-order valence-corrected chi connectivity index (χ3v) is 6.15. The summed E-state index contributed by atoms with van der Waals surface area (Å²) in [4.78, 5) is 29.9. The fraction of sp³-hybridized carbons (Fsp3) is 0.261. The van der Waals surface area contributed by atoms with Crippen LogP contribution in [-0.2, 0) is 13.6 Å². The fourth-order valence-electron chi connectivity index (χ4n) is 4.01. The number of hydrogen-bond donors (Lipinski definition) is 2. The predicted molar refractivity (Wildman–Crippen MR) is 125 cm³/mol. The summed E-state index contributed by atoms with van der Waals surface area (Å²) in [5.74, 6) is -5.32. The molecule has 0 aliphatic heterocycles. The summed E-state index contributed by atoms with van der Waals surface area (Å²) in [5, 5.41) is 20.5. The minimum absolute atomic E-state index is 0.0378. The van der Waals surface area contributed by atoms with E-state index in [1.54, 1.807) is 24.0 Å². The van der Waals surface area contributed by atoms with E-state index in [0.717, 1.165) is 23.0 Å². The van der Waals surface area contributed by atoms with Gasteiger partial charge in [-0.25, -0.2) is 13.8 Å². The lowest BCUT2D eigenvalue weighted by atomic mass is 9.82. The van der Waals surface area contributed by atoms with Crippen LogP contribution in [0.25, 0.3) is 0 Å². The van der Waals surface area contributed by atoms with Gasteiger partial charge in [0.2, 0.25) is 5.75 Å². The summed E-state index contributed by atoms with van der Waals surface area (Å²) in [6, 6.07) is 1.86. The van der Waals surface area contributed by atoms with E-state index in [1.807, 2.05) is 6.92 Å². The Morgan fingerprint density at radius 2 is 2.00 bits per heavy atom. The second-order valence-corrected chi connectivity index (χ2v) is 8.49. The molecule has 13 heteroatoms. The zero-order valence-electron chi connectivity index (χ0n) is 19.4. The van der Waals surface area contributed by atoms with E-state index in [4.69, 9.17) is 11.6 Å². The number of aromatic hydroxyl groups is 1. The Hall–Kier alpha value is -4.06. The number of carbonyl (C=O) groups is 1. The molecule has 3 heterocycles. The highest BCUT2D eigenvalue weighted by atomic mass is 35.5. The molecule has 0 radical (unpaired) electrons. The van der Waals surface area contributed by atoms with Gasteiger partial charge in [0.25, 0.3) is 11.5 Å². The van der Waals surface area contributed by atoms with Crippen molar-refractivity contribution in [3.8, 4) is 5.75 Å². The van der Waals surface area contributed by atoms with E-state index < -0.39 is 46.4 Å². The number of anilines is 1. The minimum atomic E-state index is -1.11. The summed E-state index contributed by atoms with van der Waals surface area (Å²) in [7, 11) is 1.38. The smallest absolute Gasteiger partial charge is 0.296 e. The third kappa shape index (κ3) is 4.59. The average Bonchev–Trinajstić information content (AvgIpc) is 3.53. The van der Waals surface area contributed by atoms with Crippen molar-refractivity contribution in [3.63, 3.8) is 0 Å². The molecule has 10 nitrogen and oxygen atoms in total. The van der Waals surface area contributed by atoms with Gasteiger partial charge in [-0.3, -0.25) is 18.8 Å². The van der Waals surface area contributed by atoms with E-state index in [9.17, 15) is 23.5 Å². The largest absolute Gasteiger partial charge is 0.501 e. The molecule has 1 amide bonds. The van der Waals surface area contributed by atoms with Crippen molar-refractivity contribution in [2.45, 2.75) is 32.2 Å². The number of aromatic nitrogens is 5. The van der Waals surface area contributed by atoms with E-state index in [1.165, 1.54) is 13.2 Å². The van der Waals surface area contributed by atoms with Crippen LogP contribution in [0.3, 0.4) is 0 Å². The van der Waals surface area contributed by atoms with Crippen LogP contribution >= 0.6 is 11.6 Å². The fourth-order valence-corrected chi connectivity index (χ4v) is 4.27. The van der Waals surface area contributed by atoms with E-state index in [2.05, 4.69) is 25.1 Å². The summed E-state index contributed by atoms with van der Waals surface area (Å²) < 4.78 is 35.5. The number of halogens is 3. The predicted octanol–water partition coefficient (Wildman–Crippen LogP) is 3.81. The third-order valence-electron chi connectivity index (χ3n) is 5.83. The number of nitrogens with one attached hydrogen (secondary N) is 1. The topological polar surface area (TPSA) is 128 Å². The molecule has 3 aromatic heterocycles. The van der Waals surface area contributed by atoms with Crippen LogP contribution in [-0.4, -0.2) is 35.5 Å². The van der Waals surface area contributed by atoms with Gasteiger partial charge < -0.3 is 14.9 Å². The Balaban J connectivity index is 1.87. The molecule has 0 saturated heterocycles. The first-order chi connectivity index (χ1) is 17.1. The van der Waals surface area contributed by atoms with Crippen LogP contribution in [0.2, 0.25) is 5.02 Å². The Morgan fingerprint density at radius 1 is 1.28 bits per heavy atom. The van der Waals surface area contributed by atoms with Crippen molar-refractivity contribution in [1.82, 2.24) is 24.5 Å². The first-order valence-corrected chi connectivity index (χ1v) is 11.2. The highest BCUT2D eigenvalue weighted by Crippen LogP contribution is 2.41. The van der Waals surface area contributed by atoms with Crippen LogP contribution in [0.15, 0.2) is 46.3 Å². The monoisotopic (exact) mass is 518 g/mol. The summed E-state index contributed by atoms with van der Waals surface area (Å²) >= 11 is 6.33.